The number of benzene rings is 1. The number of hydrogen-bond acceptors (Lipinski definition) is 6. The highest BCUT2D eigenvalue weighted by Gasteiger charge is 2.39. The maximum Gasteiger partial charge on any atom is 0.255 e. The fraction of sp³-hybridized carbons (Fsp3) is 0.440. The molecule has 3 amide bonds. The molecule has 8 heteroatoms. The van der Waals surface area contributed by atoms with Crippen LogP contribution in [0.5, 0.6) is 0 Å². The summed E-state index contributed by atoms with van der Waals surface area (Å²) in [5.74, 6) is -0.148. The molecule has 8 nitrogen and oxygen atoms in total. The fourth-order valence-electron chi connectivity index (χ4n) is 5.15. The lowest BCUT2D eigenvalue weighted by molar-refractivity contribution is -0.136. The Balaban J connectivity index is 1.31. The molecule has 0 aliphatic carbocycles. The zero-order chi connectivity index (χ0) is 22.8. The first-order valence-electron chi connectivity index (χ1n) is 11.7. The van der Waals surface area contributed by atoms with Gasteiger partial charge in [0.1, 0.15) is 6.04 Å². The Hall–Kier alpha value is -3.10. The van der Waals surface area contributed by atoms with E-state index in [1.807, 2.05) is 24.4 Å². The van der Waals surface area contributed by atoms with E-state index in [1.165, 1.54) is 12.0 Å². The van der Waals surface area contributed by atoms with E-state index in [-0.39, 0.29) is 24.1 Å². The van der Waals surface area contributed by atoms with Gasteiger partial charge < -0.3 is 10.2 Å². The van der Waals surface area contributed by atoms with E-state index in [9.17, 15) is 14.4 Å². The van der Waals surface area contributed by atoms with Crippen molar-refractivity contribution in [3.8, 4) is 0 Å². The van der Waals surface area contributed by atoms with Crippen LogP contribution < -0.4 is 10.6 Å². The fourth-order valence-corrected chi connectivity index (χ4v) is 5.15. The molecule has 0 saturated carbocycles. The zero-order valence-electron chi connectivity index (χ0n) is 18.6. The van der Waals surface area contributed by atoms with Crippen molar-refractivity contribution in [2.75, 3.05) is 19.6 Å². The Bertz CT molecular complexity index is 1050. The first-order chi connectivity index (χ1) is 16.1. The average molecular weight is 448 g/mol. The van der Waals surface area contributed by atoms with Crippen LogP contribution in [0, 0.1) is 5.92 Å². The number of hydrogen-bond donors (Lipinski definition) is 2. The van der Waals surface area contributed by atoms with Crippen molar-refractivity contribution in [1.82, 2.24) is 25.4 Å². The summed E-state index contributed by atoms with van der Waals surface area (Å²) in [5, 5.41) is 5.81. The van der Waals surface area contributed by atoms with Crippen molar-refractivity contribution >= 4 is 17.7 Å². The van der Waals surface area contributed by atoms with Gasteiger partial charge in [0.05, 0.1) is 0 Å². The maximum atomic E-state index is 13.0. The third kappa shape index (κ3) is 4.82. The van der Waals surface area contributed by atoms with Crippen LogP contribution >= 0.6 is 0 Å². The van der Waals surface area contributed by atoms with Gasteiger partial charge in [0.25, 0.3) is 5.91 Å². The molecule has 1 aromatic heterocycles. The number of rotatable bonds is 7. The second-order valence-corrected chi connectivity index (χ2v) is 9.28. The van der Waals surface area contributed by atoms with Gasteiger partial charge in [0.2, 0.25) is 11.8 Å². The van der Waals surface area contributed by atoms with Gasteiger partial charge >= 0.3 is 0 Å². The SMILES string of the molecule is O=C1CCC(N2Cc3cc(CN(Cc4cccnc4)CC4CCNC4)ccc3C2=O)C(=O)N1. The highest BCUT2D eigenvalue weighted by molar-refractivity contribution is 6.05. The standard InChI is InChI=1S/C25H29N5O3/c31-23-6-5-22(24(32)28-23)30-16-20-10-17(3-4-21(20)25(30)33)13-29(15-19-7-9-27-12-19)14-18-2-1-8-26-11-18/h1-4,8,10-11,19,22,27H,5-7,9,12-16H2,(H,28,31,32). The number of carbonyl (C=O) groups excluding carboxylic acids is 3. The molecule has 2 aromatic rings. The molecule has 0 radical (unpaired) electrons. The van der Waals surface area contributed by atoms with Crippen LogP contribution in [0.1, 0.15) is 46.3 Å². The Labute approximate surface area is 193 Å². The smallest absolute Gasteiger partial charge is 0.255 e. The van der Waals surface area contributed by atoms with Crippen LogP contribution in [0.2, 0.25) is 0 Å². The summed E-state index contributed by atoms with van der Waals surface area (Å²) < 4.78 is 0. The number of nitrogens with zero attached hydrogens (tertiary/aromatic N) is 3. The van der Waals surface area contributed by atoms with Crippen molar-refractivity contribution in [2.24, 2.45) is 5.92 Å². The minimum Gasteiger partial charge on any atom is -0.322 e. The van der Waals surface area contributed by atoms with Gasteiger partial charge in [-0.1, -0.05) is 18.2 Å². The van der Waals surface area contributed by atoms with Crippen molar-refractivity contribution in [1.29, 1.82) is 0 Å². The molecule has 0 bridgehead atoms. The van der Waals surface area contributed by atoms with E-state index < -0.39 is 6.04 Å². The molecule has 0 spiro atoms. The molecule has 3 aliphatic rings. The summed E-state index contributed by atoms with van der Waals surface area (Å²) >= 11 is 0. The molecule has 2 unspecified atom stereocenters. The van der Waals surface area contributed by atoms with Gasteiger partial charge in [-0.15, -0.1) is 0 Å². The van der Waals surface area contributed by atoms with Crippen molar-refractivity contribution < 1.29 is 14.4 Å². The molecule has 3 aliphatic heterocycles. The Morgan fingerprint density at radius 1 is 1.09 bits per heavy atom. The lowest BCUT2D eigenvalue weighted by atomic mass is 10.0. The second-order valence-electron chi connectivity index (χ2n) is 9.28. The number of fused-ring (bicyclic) bond motifs is 1. The molecule has 5 rings (SSSR count). The Morgan fingerprint density at radius 3 is 2.73 bits per heavy atom. The highest BCUT2D eigenvalue weighted by Crippen LogP contribution is 2.29. The molecule has 2 N–H and O–H groups in total. The van der Waals surface area contributed by atoms with Crippen LogP contribution in [0.3, 0.4) is 0 Å². The minimum atomic E-state index is -0.581. The molecule has 2 atom stereocenters. The van der Waals surface area contributed by atoms with Crippen LogP contribution in [0.4, 0.5) is 0 Å². The van der Waals surface area contributed by atoms with Crippen LogP contribution in [-0.4, -0.2) is 58.2 Å². The normalized spacial score (nSPS) is 22.7. The predicted molar refractivity (Wildman–Crippen MR) is 122 cm³/mol. The molecule has 2 fully saturated rings. The molecule has 172 valence electrons. The third-order valence-corrected chi connectivity index (χ3v) is 6.80. The molecule has 1 aromatic carbocycles. The second kappa shape index (κ2) is 9.41. The van der Waals surface area contributed by atoms with Crippen LogP contribution in [-0.2, 0) is 29.2 Å². The van der Waals surface area contributed by atoms with Gasteiger partial charge in [-0.3, -0.25) is 29.6 Å². The van der Waals surface area contributed by atoms with E-state index in [2.05, 4.69) is 32.7 Å². The van der Waals surface area contributed by atoms with Crippen LogP contribution in [0.25, 0.3) is 0 Å². The summed E-state index contributed by atoms with van der Waals surface area (Å²) in [7, 11) is 0. The first-order valence-corrected chi connectivity index (χ1v) is 11.7. The van der Waals surface area contributed by atoms with Gasteiger partial charge in [0, 0.05) is 50.6 Å². The van der Waals surface area contributed by atoms with E-state index >= 15 is 0 Å². The number of carbonyl (C=O) groups is 3. The predicted octanol–water partition coefficient (Wildman–Crippen LogP) is 1.45. The number of imide groups is 1. The summed E-state index contributed by atoms with van der Waals surface area (Å²) in [6.45, 7) is 5.13. The number of pyridine rings is 1. The molecular formula is C25H29N5O3. The zero-order valence-corrected chi connectivity index (χ0v) is 18.6. The Kier molecular flexibility index (Phi) is 6.20. The summed E-state index contributed by atoms with van der Waals surface area (Å²) in [6, 6.07) is 9.50. The molecule has 4 heterocycles. The van der Waals surface area contributed by atoms with E-state index in [0.717, 1.165) is 43.9 Å². The number of piperidine rings is 1. The summed E-state index contributed by atoms with van der Waals surface area (Å²) in [5.41, 5.74) is 3.94. The van der Waals surface area contributed by atoms with Crippen molar-refractivity contribution in [2.45, 2.75) is 44.9 Å². The van der Waals surface area contributed by atoms with Gasteiger partial charge in [-0.2, -0.15) is 0 Å². The third-order valence-electron chi connectivity index (χ3n) is 6.80. The number of nitrogens with one attached hydrogen (secondary N) is 2. The topological polar surface area (TPSA) is 94.6 Å². The Morgan fingerprint density at radius 2 is 1.97 bits per heavy atom. The number of amides is 3. The minimum absolute atomic E-state index is 0.129. The van der Waals surface area contributed by atoms with Crippen molar-refractivity contribution in [3.05, 3.63) is 65.0 Å². The van der Waals surface area contributed by atoms with Gasteiger partial charge in [0.15, 0.2) is 0 Å². The van der Waals surface area contributed by atoms with Crippen molar-refractivity contribution in [3.63, 3.8) is 0 Å². The van der Waals surface area contributed by atoms with Gasteiger partial charge in [-0.25, -0.2) is 0 Å². The maximum absolute atomic E-state index is 13.0. The van der Waals surface area contributed by atoms with Gasteiger partial charge in [-0.05, 0) is 60.7 Å². The molecule has 2 saturated heterocycles. The van der Waals surface area contributed by atoms with Crippen LogP contribution in [0.15, 0.2) is 42.7 Å². The highest BCUT2D eigenvalue weighted by atomic mass is 16.2. The molecule has 33 heavy (non-hydrogen) atoms. The number of aromatic nitrogens is 1. The monoisotopic (exact) mass is 447 g/mol. The quantitative estimate of drug-likeness (QED) is 0.624. The summed E-state index contributed by atoms with van der Waals surface area (Å²) in [6.07, 6.45) is 5.54. The van der Waals surface area contributed by atoms with E-state index in [0.29, 0.717) is 24.4 Å². The largest absolute Gasteiger partial charge is 0.322 e. The average Bonchev–Trinajstić information content (AvgIpc) is 3.42. The van der Waals surface area contributed by atoms with E-state index in [4.69, 9.17) is 0 Å². The van der Waals surface area contributed by atoms with E-state index in [1.54, 1.807) is 11.1 Å². The lowest BCUT2D eigenvalue weighted by Crippen LogP contribution is -2.52. The lowest BCUT2D eigenvalue weighted by Gasteiger charge is -2.29. The summed E-state index contributed by atoms with van der Waals surface area (Å²) in [4.78, 5) is 45.1. The molecular weight excluding hydrogens is 418 g/mol. The first kappa shape index (κ1) is 21.7.